The molecule has 2 aliphatic rings. The van der Waals surface area contributed by atoms with Gasteiger partial charge in [0.25, 0.3) is 0 Å². The molecule has 1 unspecified atom stereocenters. The first-order valence-electron chi connectivity index (χ1n) is 11.9. The smallest absolute Gasteiger partial charge is 0.453 e. The fourth-order valence-electron chi connectivity index (χ4n) is 4.82. The van der Waals surface area contributed by atoms with Crippen molar-refractivity contribution in [1.29, 1.82) is 0 Å². The molecule has 0 saturated carbocycles. The summed E-state index contributed by atoms with van der Waals surface area (Å²) in [6.07, 6.45) is 2.87. The summed E-state index contributed by atoms with van der Waals surface area (Å²) in [5.74, 6) is 0.486. The van der Waals surface area contributed by atoms with Crippen molar-refractivity contribution in [2.24, 2.45) is 0 Å². The number of benzene rings is 1. The number of Topliss-reactive ketones (excluding diaryl/α,β-unsaturated/α-hetero) is 1. The molecule has 3 aromatic heterocycles. The van der Waals surface area contributed by atoms with Crippen molar-refractivity contribution in [3.05, 3.63) is 63.6 Å². The fraction of sp³-hybridized carbons (Fsp3) is 0.269. The third kappa shape index (κ3) is 4.30. The largest absolute Gasteiger partial charge is 0.515 e. The number of nitrogens with one attached hydrogen (secondary N) is 3. The summed E-state index contributed by atoms with van der Waals surface area (Å²) in [7, 11) is 0. The summed E-state index contributed by atoms with van der Waals surface area (Å²) in [6, 6.07) is 7.53. The minimum atomic E-state index is -0.802. The molecule has 6 rings (SSSR count). The fourth-order valence-corrected chi connectivity index (χ4v) is 5.75. The molecule has 4 heterocycles. The maximum absolute atomic E-state index is 13.1. The number of aryl methyl sites for hydroxylation is 1. The second kappa shape index (κ2) is 9.35. The van der Waals surface area contributed by atoms with Crippen molar-refractivity contribution in [3.63, 3.8) is 0 Å². The summed E-state index contributed by atoms with van der Waals surface area (Å²) in [4.78, 5) is 35.9. The maximum atomic E-state index is 13.1. The summed E-state index contributed by atoms with van der Waals surface area (Å²) >= 11 is 7.60. The Bertz CT molecular complexity index is 1540. The number of ether oxygens (including phenoxy) is 2. The second-order valence-corrected chi connectivity index (χ2v) is 10.3. The molecule has 1 aliphatic heterocycles. The Morgan fingerprint density at radius 3 is 3.00 bits per heavy atom. The Labute approximate surface area is 220 Å². The van der Waals surface area contributed by atoms with E-state index < -0.39 is 12.1 Å². The lowest BCUT2D eigenvalue weighted by Crippen LogP contribution is -2.26. The average molecular weight is 539 g/mol. The Hall–Kier alpha value is -3.63. The van der Waals surface area contributed by atoms with Crippen LogP contribution in [-0.4, -0.2) is 33.5 Å². The monoisotopic (exact) mass is 538 g/mol. The number of imidazole rings is 1. The van der Waals surface area contributed by atoms with E-state index in [2.05, 4.69) is 20.3 Å². The van der Waals surface area contributed by atoms with E-state index >= 15 is 0 Å². The van der Waals surface area contributed by atoms with Crippen molar-refractivity contribution in [1.82, 2.24) is 15.0 Å². The summed E-state index contributed by atoms with van der Waals surface area (Å²) < 4.78 is 16.6. The van der Waals surface area contributed by atoms with Gasteiger partial charge >= 0.3 is 6.16 Å². The molecule has 0 radical (unpaired) electrons. The quantitative estimate of drug-likeness (QED) is 0.240. The Morgan fingerprint density at radius 2 is 2.16 bits per heavy atom. The maximum Gasteiger partial charge on any atom is 0.515 e. The number of fused-ring (bicyclic) bond motifs is 2. The van der Waals surface area contributed by atoms with Gasteiger partial charge in [-0.2, -0.15) is 0 Å². The molecule has 37 heavy (non-hydrogen) atoms. The van der Waals surface area contributed by atoms with Crippen LogP contribution in [-0.2, 0) is 9.53 Å². The lowest BCUT2D eigenvalue weighted by molar-refractivity contribution is -0.116. The molecular formula is C26H23ClN4O5S. The van der Waals surface area contributed by atoms with Crippen LogP contribution in [0.4, 0.5) is 10.5 Å². The van der Waals surface area contributed by atoms with Crippen LogP contribution >= 0.6 is 23.4 Å². The van der Waals surface area contributed by atoms with Gasteiger partial charge in [0.2, 0.25) is 5.88 Å². The number of hydrogen-bond acceptors (Lipinski definition) is 8. The van der Waals surface area contributed by atoms with Gasteiger partial charge in [-0.15, -0.1) is 0 Å². The summed E-state index contributed by atoms with van der Waals surface area (Å²) in [5.41, 5.74) is 5.49. The lowest BCUT2D eigenvalue weighted by atomic mass is 9.79. The normalized spacial score (nSPS) is 16.9. The first-order valence-corrected chi connectivity index (χ1v) is 13.1. The minimum absolute atomic E-state index is 0.0774. The van der Waals surface area contributed by atoms with E-state index in [4.69, 9.17) is 25.5 Å². The number of carbonyl (C=O) groups is 2. The number of carbonyl (C=O) groups excluding carboxylic acids is 2. The lowest BCUT2D eigenvalue weighted by Gasteiger charge is -2.31. The number of allylic oxidation sites excluding steroid dienone is 2. The highest BCUT2D eigenvalue weighted by molar-refractivity contribution is 7.99. The molecule has 0 saturated heterocycles. The predicted molar refractivity (Wildman–Crippen MR) is 138 cm³/mol. The molecule has 0 bridgehead atoms. The van der Waals surface area contributed by atoms with E-state index in [9.17, 15) is 9.59 Å². The van der Waals surface area contributed by atoms with Crippen LogP contribution in [0.2, 0.25) is 5.02 Å². The van der Waals surface area contributed by atoms with Crippen molar-refractivity contribution in [3.8, 4) is 5.88 Å². The van der Waals surface area contributed by atoms with E-state index in [1.165, 1.54) is 11.8 Å². The second-order valence-electron chi connectivity index (χ2n) is 8.88. The number of hydrogen-bond donors (Lipinski definition) is 3. The molecular weight excluding hydrogens is 516 g/mol. The standard InChI is InChI=1S/C26H23ClN4O5S/c1-3-34-26(33)36-24-23-13(11-28-24)21(22-15(29-23)5-4-6-18(22)32)19-7-8-20(35-19)37-25-30-16-9-12(2)14(27)10-17(16)31-25/h7-11,21,28-29H,3-6H2,1-2H3,(H,30,31). The minimum Gasteiger partial charge on any atom is -0.453 e. The predicted octanol–water partition coefficient (Wildman–Crippen LogP) is 6.70. The molecule has 1 aliphatic carbocycles. The van der Waals surface area contributed by atoms with Crippen LogP contribution in [0.1, 0.15) is 49.0 Å². The van der Waals surface area contributed by atoms with E-state index in [1.807, 2.05) is 31.2 Å². The van der Waals surface area contributed by atoms with Crippen LogP contribution in [0, 0.1) is 6.92 Å². The highest BCUT2D eigenvalue weighted by Gasteiger charge is 2.39. The first kappa shape index (κ1) is 23.7. The SMILES string of the molecule is CCOC(=O)Oc1[nH]cc2c1NC1=C(C(=O)CCC1)C2c1ccc(Sc2nc3cc(Cl)c(C)cc3[nH]2)o1. The number of rotatable bonds is 5. The van der Waals surface area contributed by atoms with E-state index in [0.29, 0.717) is 45.1 Å². The van der Waals surface area contributed by atoms with Crippen molar-refractivity contribution < 1.29 is 23.5 Å². The molecule has 190 valence electrons. The topological polar surface area (TPSA) is 122 Å². The molecule has 1 atom stereocenters. The molecule has 1 aromatic carbocycles. The number of ketones is 1. The van der Waals surface area contributed by atoms with E-state index in [0.717, 1.165) is 34.3 Å². The van der Waals surface area contributed by atoms with Crippen molar-refractivity contribution >= 4 is 52.0 Å². The van der Waals surface area contributed by atoms with Crippen LogP contribution in [0.15, 0.2) is 56.4 Å². The first-order chi connectivity index (χ1) is 17.9. The van der Waals surface area contributed by atoms with Gasteiger partial charge in [-0.05, 0) is 68.3 Å². The zero-order chi connectivity index (χ0) is 25.7. The number of aromatic amines is 2. The van der Waals surface area contributed by atoms with Gasteiger partial charge in [0, 0.05) is 34.5 Å². The Kier molecular flexibility index (Phi) is 6.00. The Balaban J connectivity index is 1.34. The number of H-pyrrole nitrogens is 2. The van der Waals surface area contributed by atoms with Crippen LogP contribution in [0.5, 0.6) is 5.88 Å². The third-order valence-corrected chi connectivity index (χ3v) is 7.69. The number of aromatic nitrogens is 3. The summed E-state index contributed by atoms with van der Waals surface area (Å²) in [5, 5.41) is 5.28. The Morgan fingerprint density at radius 1 is 1.30 bits per heavy atom. The van der Waals surface area contributed by atoms with Crippen molar-refractivity contribution in [2.45, 2.75) is 49.3 Å². The van der Waals surface area contributed by atoms with E-state index in [-0.39, 0.29) is 18.3 Å². The molecule has 0 spiro atoms. The van der Waals surface area contributed by atoms with Crippen molar-refractivity contribution in [2.75, 3.05) is 11.9 Å². The van der Waals surface area contributed by atoms with Gasteiger partial charge in [0.05, 0.1) is 23.6 Å². The van der Waals surface area contributed by atoms with Crippen LogP contribution in [0.3, 0.4) is 0 Å². The molecule has 9 nitrogen and oxygen atoms in total. The van der Waals surface area contributed by atoms with Gasteiger partial charge < -0.3 is 29.2 Å². The van der Waals surface area contributed by atoms with Gasteiger partial charge in [-0.25, -0.2) is 9.78 Å². The van der Waals surface area contributed by atoms with Crippen LogP contribution < -0.4 is 10.1 Å². The molecule has 4 aromatic rings. The van der Waals surface area contributed by atoms with Crippen LogP contribution in [0.25, 0.3) is 11.0 Å². The van der Waals surface area contributed by atoms with Gasteiger partial charge in [0.15, 0.2) is 16.0 Å². The molecule has 11 heteroatoms. The highest BCUT2D eigenvalue weighted by atomic mass is 35.5. The zero-order valence-corrected chi connectivity index (χ0v) is 21.6. The number of anilines is 1. The number of halogens is 1. The summed E-state index contributed by atoms with van der Waals surface area (Å²) in [6.45, 7) is 3.85. The zero-order valence-electron chi connectivity index (χ0n) is 20.1. The number of furan rings is 1. The van der Waals surface area contributed by atoms with Gasteiger partial charge in [-0.3, -0.25) is 4.79 Å². The molecule has 0 amide bonds. The average Bonchev–Trinajstić information content (AvgIpc) is 3.58. The number of nitrogens with zero attached hydrogens (tertiary/aromatic N) is 1. The molecule has 3 N–H and O–H groups in total. The van der Waals surface area contributed by atoms with E-state index in [1.54, 1.807) is 13.1 Å². The third-order valence-electron chi connectivity index (χ3n) is 6.48. The van der Waals surface area contributed by atoms with Gasteiger partial charge in [-0.1, -0.05) is 11.6 Å². The van der Waals surface area contributed by atoms with Gasteiger partial charge in [0.1, 0.15) is 11.4 Å². The molecule has 0 fully saturated rings. The highest BCUT2D eigenvalue weighted by Crippen LogP contribution is 2.49.